The van der Waals surface area contributed by atoms with Gasteiger partial charge in [-0.15, -0.1) is 10.2 Å². The van der Waals surface area contributed by atoms with Crippen molar-refractivity contribution in [1.29, 1.82) is 0 Å². The van der Waals surface area contributed by atoms with Gasteiger partial charge in [0, 0.05) is 25.9 Å². The molecule has 3 N–H and O–H groups in total. The highest BCUT2D eigenvalue weighted by atomic mass is 32.1. The minimum atomic E-state index is 0.152. The molecule has 124 valence electrons. The average molecular weight is 325 g/mol. The van der Waals surface area contributed by atoms with Gasteiger partial charge in [0.2, 0.25) is 11.0 Å². The zero-order valence-corrected chi connectivity index (χ0v) is 14.0. The van der Waals surface area contributed by atoms with Gasteiger partial charge in [0.1, 0.15) is 5.01 Å². The summed E-state index contributed by atoms with van der Waals surface area (Å²) in [6.07, 6.45) is 8.88. The summed E-state index contributed by atoms with van der Waals surface area (Å²) in [4.78, 5) is 14.3. The van der Waals surface area contributed by atoms with Crippen LogP contribution in [0.5, 0.6) is 0 Å². The first kappa shape index (κ1) is 17.1. The maximum absolute atomic E-state index is 11.9. The van der Waals surface area contributed by atoms with Crippen LogP contribution in [0.2, 0.25) is 0 Å². The zero-order chi connectivity index (χ0) is 15.6. The highest BCUT2D eigenvalue weighted by Gasteiger charge is 2.10. The van der Waals surface area contributed by atoms with Crippen LogP contribution in [0.25, 0.3) is 0 Å². The summed E-state index contributed by atoms with van der Waals surface area (Å²) in [6.45, 7) is 3.87. The fourth-order valence-corrected chi connectivity index (χ4v) is 3.37. The largest absolute Gasteiger partial charge is 0.374 e. The number of hydrogen-bond donors (Lipinski definition) is 2. The van der Waals surface area contributed by atoms with Crippen molar-refractivity contribution in [3.05, 3.63) is 5.01 Å². The summed E-state index contributed by atoms with van der Waals surface area (Å²) in [5, 5.41) is 12.2. The number of aromatic nitrogens is 2. The Balaban J connectivity index is 1.53. The Kier molecular flexibility index (Phi) is 7.59. The Labute approximate surface area is 136 Å². The molecular formula is C15H27N5OS. The van der Waals surface area contributed by atoms with Crippen molar-refractivity contribution in [1.82, 2.24) is 20.4 Å². The van der Waals surface area contributed by atoms with E-state index in [1.54, 1.807) is 0 Å². The summed E-state index contributed by atoms with van der Waals surface area (Å²) >= 11 is 1.42. The second kappa shape index (κ2) is 9.74. The van der Waals surface area contributed by atoms with Crippen molar-refractivity contribution >= 4 is 22.4 Å². The first-order valence-corrected chi connectivity index (χ1v) is 9.12. The van der Waals surface area contributed by atoms with Crippen LogP contribution in [0.1, 0.15) is 50.0 Å². The predicted molar refractivity (Wildman–Crippen MR) is 89.8 cm³/mol. The number of carbonyl (C=O) groups is 1. The number of nitrogens with two attached hydrogens (primary N) is 1. The molecule has 1 aromatic heterocycles. The molecular weight excluding hydrogens is 298 g/mol. The van der Waals surface area contributed by atoms with E-state index in [2.05, 4.69) is 20.4 Å². The van der Waals surface area contributed by atoms with Gasteiger partial charge in [-0.1, -0.05) is 30.6 Å². The average Bonchev–Trinajstić information content (AvgIpc) is 2.88. The molecule has 0 radical (unpaired) electrons. The van der Waals surface area contributed by atoms with E-state index in [0.29, 0.717) is 18.1 Å². The van der Waals surface area contributed by atoms with E-state index < -0.39 is 0 Å². The molecule has 6 nitrogen and oxygen atoms in total. The molecule has 1 saturated heterocycles. The van der Waals surface area contributed by atoms with Crippen LogP contribution in [-0.2, 0) is 11.2 Å². The maximum Gasteiger partial charge on any atom is 0.221 e. The molecule has 0 saturated carbocycles. The Morgan fingerprint density at radius 3 is 2.59 bits per heavy atom. The molecule has 2 heterocycles. The summed E-state index contributed by atoms with van der Waals surface area (Å²) in [5.41, 5.74) is 5.53. The third-order valence-electron chi connectivity index (χ3n) is 3.98. The van der Waals surface area contributed by atoms with Crippen LogP contribution in [-0.4, -0.2) is 47.2 Å². The normalized spacial score (nSPS) is 16.9. The second-order valence-corrected chi connectivity index (χ2v) is 6.94. The molecule has 1 amide bonds. The number of aryl methyl sites for hydroxylation is 1. The molecule has 2 rings (SSSR count). The highest BCUT2D eigenvalue weighted by molar-refractivity contribution is 7.15. The van der Waals surface area contributed by atoms with E-state index in [0.717, 1.165) is 37.5 Å². The Bertz CT molecular complexity index is 443. The third-order valence-corrected chi connectivity index (χ3v) is 4.79. The summed E-state index contributed by atoms with van der Waals surface area (Å²) in [6, 6.07) is 0. The molecule has 0 bridgehead atoms. The Hall–Kier alpha value is -1.21. The molecule has 0 atom stereocenters. The molecule has 1 fully saturated rings. The number of nitrogens with zero attached hydrogens (tertiary/aromatic N) is 3. The molecule has 1 aliphatic heterocycles. The number of carbonyl (C=O) groups excluding carboxylic acids is 1. The number of hydrogen-bond acceptors (Lipinski definition) is 6. The zero-order valence-electron chi connectivity index (χ0n) is 13.2. The Morgan fingerprint density at radius 2 is 1.91 bits per heavy atom. The molecule has 1 aliphatic rings. The van der Waals surface area contributed by atoms with Gasteiger partial charge >= 0.3 is 0 Å². The SMILES string of the molecule is Nc1nnc(CCCNC(=O)CCN2CCCCCCC2)s1. The van der Waals surface area contributed by atoms with Gasteiger partial charge < -0.3 is 16.0 Å². The molecule has 0 spiro atoms. The van der Waals surface area contributed by atoms with E-state index in [1.807, 2.05) is 0 Å². The van der Waals surface area contributed by atoms with E-state index >= 15 is 0 Å². The van der Waals surface area contributed by atoms with Crippen molar-refractivity contribution in [2.45, 2.75) is 51.4 Å². The van der Waals surface area contributed by atoms with E-state index in [4.69, 9.17) is 5.73 Å². The first-order valence-electron chi connectivity index (χ1n) is 8.31. The predicted octanol–water partition coefficient (Wildman–Crippen LogP) is 1.83. The minimum Gasteiger partial charge on any atom is -0.374 e. The van der Waals surface area contributed by atoms with Crippen LogP contribution in [0.15, 0.2) is 0 Å². The van der Waals surface area contributed by atoms with Gasteiger partial charge in [-0.2, -0.15) is 0 Å². The number of anilines is 1. The fourth-order valence-electron chi connectivity index (χ4n) is 2.72. The number of rotatable bonds is 7. The number of nitrogen functional groups attached to an aromatic ring is 1. The molecule has 0 unspecified atom stereocenters. The smallest absolute Gasteiger partial charge is 0.221 e. The van der Waals surface area contributed by atoms with Gasteiger partial charge in [0.25, 0.3) is 0 Å². The molecule has 7 heteroatoms. The van der Waals surface area contributed by atoms with Gasteiger partial charge in [0.05, 0.1) is 0 Å². The van der Waals surface area contributed by atoms with Gasteiger partial charge in [0.15, 0.2) is 0 Å². The highest BCUT2D eigenvalue weighted by Crippen LogP contribution is 2.12. The lowest BCUT2D eigenvalue weighted by Gasteiger charge is -2.24. The fraction of sp³-hybridized carbons (Fsp3) is 0.800. The first-order chi connectivity index (χ1) is 10.7. The molecule has 1 aromatic rings. The summed E-state index contributed by atoms with van der Waals surface area (Å²) in [5.74, 6) is 0.152. The standard InChI is InChI=1S/C15H27N5OS/c16-15-19-18-14(22-15)7-6-9-17-13(21)8-12-20-10-4-2-1-3-5-11-20/h1-12H2,(H2,16,19)(H,17,21). The van der Waals surface area contributed by atoms with Crippen molar-refractivity contribution in [3.8, 4) is 0 Å². The monoisotopic (exact) mass is 325 g/mol. The van der Waals surface area contributed by atoms with Crippen LogP contribution >= 0.6 is 11.3 Å². The molecule has 0 aliphatic carbocycles. The van der Waals surface area contributed by atoms with Gasteiger partial charge in [-0.05, 0) is 32.4 Å². The van der Waals surface area contributed by atoms with Crippen molar-refractivity contribution < 1.29 is 4.79 Å². The second-order valence-electron chi connectivity index (χ2n) is 5.85. The van der Waals surface area contributed by atoms with Crippen LogP contribution in [0.3, 0.4) is 0 Å². The van der Waals surface area contributed by atoms with Gasteiger partial charge in [-0.25, -0.2) is 0 Å². The van der Waals surface area contributed by atoms with Gasteiger partial charge in [-0.3, -0.25) is 4.79 Å². The lowest BCUT2D eigenvalue weighted by atomic mass is 10.1. The van der Waals surface area contributed by atoms with E-state index in [1.165, 1.54) is 43.4 Å². The Morgan fingerprint density at radius 1 is 1.18 bits per heavy atom. The molecule has 22 heavy (non-hydrogen) atoms. The molecule has 0 aromatic carbocycles. The van der Waals surface area contributed by atoms with Crippen LogP contribution in [0.4, 0.5) is 5.13 Å². The summed E-state index contributed by atoms with van der Waals surface area (Å²) < 4.78 is 0. The lowest BCUT2D eigenvalue weighted by molar-refractivity contribution is -0.121. The van der Waals surface area contributed by atoms with Crippen LogP contribution in [0, 0.1) is 0 Å². The van der Waals surface area contributed by atoms with Crippen molar-refractivity contribution in [2.75, 3.05) is 31.9 Å². The number of nitrogens with one attached hydrogen (secondary N) is 1. The van der Waals surface area contributed by atoms with E-state index in [-0.39, 0.29) is 5.91 Å². The number of amides is 1. The van der Waals surface area contributed by atoms with Crippen LogP contribution < -0.4 is 11.1 Å². The summed E-state index contributed by atoms with van der Waals surface area (Å²) in [7, 11) is 0. The van der Waals surface area contributed by atoms with Crippen molar-refractivity contribution in [3.63, 3.8) is 0 Å². The minimum absolute atomic E-state index is 0.152. The topological polar surface area (TPSA) is 84.1 Å². The maximum atomic E-state index is 11.9. The quantitative estimate of drug-likeness (QED) is 0.747. The number of likely N-dealkylation sites (tertiary alicyclic amines) is 1. The third kappa shape index (κ3) is 6.70. The van der Waals surface area contributed by atoms with Crippen molar-refractivity contribution in [2.24, 2.45) is 0 Å². The lowest BCUT2D eigenvalue weighted by Crippen LogP contribution is -2.33. The van der Waals surface area contributed by atoms with E-state index in [9.17, 15) is 4.79 Å².